The van der Waals surface area contributed by atoms with E-state index in [-0.39, 0.29) is 6.04 Å². The van der Waals surface area contributed by atoms with Crippen LogP contribution in [0.15, 0.2) is 0 Å². The molecular weight excluding hydrogens is 182 g/mol. The van der Waals surface area contributed by atoms with E-state index in [4.69, 9.17) is 16.2 Å². The Kier molecular flexibility index (Phi) is 6.96. The van der Waals surface area contributed by atoms with Crippen LogP contribution in [0.3, 0.4) is 0 Å². The van der Waals surface area contributed by atoms with Gasteiger partial charge in [-0.05, 0) is 25.8 Å². The lowest BCUT2D eigenvalue weighted by Gasteiger charge is -2.11. The highest BCUT2D eigenvalue weighted by Gasteiger charge is 2.10. The van der Waals surface area contributed by atoms with Gasteiger partial charge in [0.05, 0.1) is 0 Å². The van der Waals surface area contributed by atoms with Gasteiger partial charge in [0.1, 0.15) is 6.04 Å². The first kappa shape index (κ1) is 13.1. The van der Waals surface area contributed by atoms with E-state index in [1.807, 2.05) is 6.92 Å². The molecule has 0 aliphatic heterocycles. The van der Waals surface area contributed by atoms with E-state index in [9.17, 15) is 4.79 Å². The highest BCUT2D eigenvalue weighted by atomic mass is 16.4. The van der Waals surface area contributed by atoms with Crippen LogP contribution in [0.1, 0.15) is 26.2 Å². The topological polar surface area (TPSA) is 99.2 Å². The van der Waals surface area contributed by atoms with Gasteiger partial charge in [-0.2, -0.15) is 0 Å². The van der Waals surface area contributed by atoms with E-state index in [2.05, 4.69) is 5.32 Å². The molecule has 0 aliphatic carbocycles. The summed E-state index contributed by atoms with van der Waals surface area (Å²) < 4.78 is 0. The third-order valence-electron chi connectivity index (χ3n) is 2.06. The fourth-order valence-electron chi connectivity index (χ4n) is 1.05. The molecule has 5 heteroatoms. The van der Waals surface area contributed by atoms with Crippen molar-refractivity contribution in [3.63, 3.8) is 0 Å². The Bertz CT molecular complexity index is 181. The van der Waals surface area contributed by atoms with E-state index < -0.39 is 12.0 Å². The fourth-order valence-corrected chi connectivity index (χ4v) is 1.05. The average molecular weight is 201 g/mol. The Morgan fingerprint density at radius 1 is 1.71 bits per heavy atom. The van der Waals surface area contributed by atoms with Gasteiger partial charge in [0.25, 0.3) is 0 Å². The highest BCUT2D eigenvalue weighted by molar-refractivity contribution is 5.72. The average Bonchev–Trinajstić information content (AvgIpc) is 2.17. The van der Waals surface area contributed by atoms with E-state index in [0.717, 1.165) is 12.8 Å². The maximum absolute atomic E-state index is 10.4. The summed E-state index contributed by atoms with van der Waals surface area (Å²) in [5.41, 5.74) is 5.33. The second-order valence-electron chi connectivity index (χ2n) is 3.22. The summed E-state index contributed by atoms with van der Waals surface area (Å²) >= 11 is 0. The van der Waals surface area contributed by atoms with Crippen LogP contribution in [0.2, 0.25) is 0 Å². The Labute approximate surface area is 84.2 Å². The number of nitrogens with one attached hydrogen (secondary N) is 2. The first-order valence-electron chi connectivity index (χ1n) is 4.84. The van der Waals surface area contributed by atoms with Crippen LogP contribution in [-0.2, 0) is 4.79 Å². The number of hydrogen-bond acceptors (Lipinski definition) is 4. The summed E-state index contributed by atoms with van der Waals surface area (Å²) in [5.74, 6) is -0.955. The largest absolute Gasteiger partial charge is 0.480 e. The molecule has 82 valence electrons. The molecule has 0 aliphatic rings. The molecule has 5 nitrogen and oxygen atoms in total. The van der Waals surface area contributed by atoms with E-state index in [1.54, 1.807) is 0 Å². The number of rotatable bonds is 8. The number of carbonyl (C=O) groups is 1. The number of aliphatic carboxylic acids is 1. The summed E-state index contributed by atoms with van der Waals surface area (Å²) in [5, 5.41) is 18.7. The lowest BCUT2D eigenvalue weighted by atomic mass is 10.1. The quantitative estimate of drug-likeness (QED) is 0.333. The lowest BCUT2D eigenvalue weighted by Crippen LogP contribution is -2.33. The molecule has 0 aromatic heterocycles. The maximum atomic E-state index is 10.4. The van der Waals surface area contributed by atoms with Gasteiger partial charge in [-0.25, -0.2) is 0 Å². The standard InChI is InChI=1S/C9H19N3O2/c1-2-7(6-10)12-5-3-4-8(11)9(13)14/h6-8,10,12H,2-5,11H2,1H3,(H,13,14)/t7-,8?/m0/s1. The summed E-state index contributed by atoms with van der Waals surface area (Å²) in [7, 11) is 0. The molecule has 0 amide bonds. The molecule has 0 spiro atoms. The van der Waals surface area contributed by atoms with Crippen molar-refractivity contribution in [3.05, 3.63) is 0 Å². The second-order valence-corrected chi connectivity index (χ2v) is 3.22. The highest BCUT2D eigenvalue weighted by Crippen LogP contribution is 1.94. The van der Waals surface area contributed by atoms with Crippen molar-refractivity contribution < 1.29 is 9.90 Å². The monoisotopic (exact) mass is 201 g/mol. The van der Waals surface area contributed by atoms with Gasteiger partial charge in [0.2, 0.25) is 0 Å². The van der Waals surface area contributed by atoms with E-state index in [0.29, 0.717) is 13.0 Å². The van der Waals surface area contributed by atoms with Crippen molar-refractivity contribution in [2.75, 3.05) is 6.54 Å². The van der Waals surface area contributed by atoms with Gasteiger partial charge in [0, 0.05) is 12.3 Å². The van der Waals surface area contributed by atoms with Gasteiger partial charge in [-0.1, -0.05) is 6.92 Å². The molecule has 1 unspecified atom stereocenters. The molecule has 2 atom stereocenters. The summed E-state index contributed by atoms with van der Waals surface area (Å²) in [4.78, 5) is 10.4. The minimum atomic E-state index is -0.955. The van der Waals surface area contributed by atoms with Crippen LogP contribution >= 0.6 is 0 Å². The van der Waals surface area contributed by atoms with Crippen molar-refractivity contribution in [1.29, 1.82) is 5.41 Å². The van der Waals surface area contributed by atoms with Gasteiger partial charge in [-0.3, -0.25) is 4.79 Å². The molecule has 0 saturated heterocycles. The number of hydrogen-bond donors (Lipinski definition) is 4. The summed E-state index contributed by atoms with van der Waals surface area (Å²) in [6, 6.07) is -0.673. The number of carboxylic acid groups (broad SMARTS) is 1. The zero-order chi connectivity index (χ0) is 11.0. The molecule has 0 saturated carbocycles. The first-order valence-corrected chi connectivity index (χ1v) is 4.84. The zero-order valence-electron chi connectivity index (χ0n) is 8.49. The van der Waals surface area contributed by atoms with Gasteiger partial charge in [-0.15, -0.1) is 0 Å². The smallest absolute Gasteiger partial charge is 0.320 e. The van der Waals surface area contributed by atoms with Gasteiger partial charge in [0.15, 0.2) is 0 Å². The number of carboxylic acids is 1. The van der Waals surface area contributed by atoms with Gasteiger partial charge >= 0.3 is 5.97 Å². The third kappa shape index (κ3) is 5.66. The van der Waals surface area contributed by atoms with Crippen LogP contribution in [0, 0.1) is 5.41 Å². The SMILES string of the molecule is CC[C@@H](C=N)NCCCC(N)C(=O)O. The summed E-state index contributed by atoms with van der Waals surface area (Å²) in [6.07, 6.45) is 3.42. The lowest BCUT2D eigenvalue weighted by molar-refractivity contribution is -0.138. The Balaban J connectivity index is 3.45. The van der Waals surface area contributed by atoms with Crippen LogP contribution < -0.4 is 11.1 Å². The van der Waals surface area contributed by atoms with Crippen LogP contribution in [0.4, 0.5) is 0 Å². The zero-order valence-corrected chi connectivity index (χ0v) is 8.49. The minimum absolute atomic E-state index is 0.0936. The molecule has 0 aromatic carbocycles. The molecule has 0 rings (SSSR count). The van der Waals surface area contributed by atoms with E-state index >= 15 is 0 Å². The molecule has 0 aromatic rings. The fraction of sp³-hybridized carbons (Fsp3) is 0.778. The van der Waals surface area contributed by atoms with Crippen LogP contribution in [0.5, 0.6) is 0 Å². The summed E-state index contributed by atoms with van der Waals surface area (Å²) in [6.45, 7) is 2.69. The third-order valence-corrected chi connectivity index (χ3v) is 2.06. The molecule has 0 radical (unpaired) electrons. The Morgan fingerprint density at radius 2 is 2.36 bits per heavy atom. The molecule has 0 bridgehead atoms. The van der Waals surface area contributed by atoms with E-state index in [1.165, 1.54) is 6.21 Å². The normalized spacial score (nSPS) is 14.7. The van der Waals surface area contributed by atoms with Crippen molar-refractivity contribution >= 4 is 12.2 Å². The Hall–Kier alpha value is -0.940. The molecule has 0 heterocycles. The van der Waals surface area contributed by atoms with Crippen molar-refractivity contribution in [1.82, 2.24) is 5.32 Å². The van der Waals surface area contributed by atoms with Crippen molar-refractivity contribution in [3.8, 4) is 0 Å². The molecule has 5 N–H and O–H groups in total. The Morgan fingerprint density at radius 3 is 2.79 bits per heavy atom. The maximum Gasteiger partial charge on any atom is 0.320 e. The van der Waals surface area contributed by atoms with Crippen LogP contribution in [0.25, 0.3) is 0 Å². The minimum Gasteiger partial charge on any atom is -0.480 e. The first-order chi connectivity index (χ1) is 6.61. The number of nitrogens with two attached hydrogens (primary N) is 1. The van der Waals surface area contributed by atoms with Crippen LogP contribution in [-0.4, -0.2) is 35.9 Å². The van der Waals surface area contributed by atoms with Crippen molar-refractivity contribution in [2.24, 2.45) is 5.73 Å². The van der Waals surface area contributed by atoms with Gasteiger partial charge < -0.3 is 21.6 Å². The predicted molar refractivity (Wildman–Crippen MR) is 55.7 cm³/mol. The second kappa shape index (κ2) is 7.46. The molecule has 0 fully saturated rings. The molecule has 14 heavy (non-hydrogen) atoms. The van der Waals surface area contributed by atoms with Crippen molar-refractivity contribution in [2.45, 2.75) is 38.3 Å². The predicted octanol–water partition coefficient (Wildman–Crippen LogP) is 0.196. The molecular formula is C9H19N3O2.